The predicted octanol–water partition coefficient (Wildman–Crippen LogP) is 3.02. The first-order valence-electron chi connectivity index (χ1n) is 6.93. The minimum atomic E-state index is 0.336. The molecule has 1 fully saturated rings. The molecule has 1 heterocycles. The highest BCUT2D eigenvalue weighted by molar-refractivity contribution is 7.99. The Kier molecular flexibility index (Phi) is 6.05. The van der Waals surface area contributed by atoms with E-state index >= 15 is 0 Å². The first kappa shape index (κ1) is 13.9. The lowest BCUT2D eigenvalue weighted by Crippen LogP contribution is -2.31. The molecule has 1 unspecified atom stereocenters. The highest BCUT2D eigenvalue weighted by Crippen LogP contribution is 2.23. The summed E-state index contributed by atoms with van der Waals surface area (Å²) in [5.41, 5.74) is 0. The van der Waals surface area contributed by atoms with E-state index < -0.39 is 0 Å². The van der Waals surface area contributed by atoms with Gasteiger partial charge >= 0.3 is 0 Å². The Labute approximate surface area is 114 Å². The SMILES string of the molecule is OCCCC1CCCN1CCSc1ccccc1. The van der Waals surface area contributed by atoms with Gasteiger partial charge in [0.05, 0.1) is 0 Å². The van der Waals surface area contributed by atoms with Crippen LogP contribution in [0.25, 0.3) is 0 Å². The van der Waals surface area contributed by atoms with Gasteiger partial charge in [-0.25, -0.2) is 0 Å². The number of rotatable bonds is 7. The first-order valence-corrected chi connectivity index (χ1v) is 7.91. The molecule has 0 aromatic heterocycles. The zero-order valence-corrected chi connectivity index (χ0v) is 11.7. The van der Waals surface area contributed by atoms with Gasteiger partial charge in [-0.3, -0.25) is 4.90 Å². The van der Waals surface area contributed by atoms with Crippen LogP contribution in [0.3, 0.4) is 0 Å². The number of thioether (sulfide) groups is 1. The molecule has 2 nitrogen and oxygen atoms in total. The van der Waals surface area contributed by atoms with E-state index in [4.69, 9.17) is 5.11 Å². The summed E-state index contributed by atoms with van der Waals surface area (Å²) in [6.07, 6.45) is 4.75. The van der Waals surface area contributed by atoms with Crippen molar-refractivity contribution in [1.82, 2.24) is 4.90 Å². The van der Waals surface area contributed by atoms with Crippen molar-refractivity contribution in [2.45, 2.75) is 36.6 Å². The monoisotopic (exact) mass is 265 g/mol. The summed E-state index contributed by atoms with van der Waals surface area (Å²) >= 11 is 1.94. The van der Waals surface area contributed by atoms with E-state index in [1.165, 1.54) is 36.6 Å². The third kappa shape index (κ3) is 4.30. The van der Waals surface area contributed by atoms with Crippen molar-refractivity contribution in [2.24, 2.45) is 0 Å². The summed E-state index contributed by atoms with van der Waals surface area (Å²) in [6.45, 7) is 2.75. The van der Waals surface area contributed by atoms with Crippen molar-refractivity contribution in [3.63, 3.8) is 0 Å². The molecule has 0 spiro atoms. The second kappa shape index (κ2) is 7.82. The second-order valence-corrected chi connectivity index (χ2v) is 6.03. The standard InChI is InChI=1S/C15H23NOS/c17-12-5-7-14-6-4-10-16(14)11-13-18-15-8-2-1-3-9-15/h1-3,8-9,14,17H,4-7,10-13H2. The summed E-state index contributed by atoms with van der Waals surface area (Å²) in [4.78, 5) is 3.97. The maximum absolute atomic E-state index is 8.91. The van der Waals surface area contributed by atoms with Crippen molar-refractivity contribution >= 4 is 11.8 Å². The maximum Gasteiger partial charge on any atom is 0.0431 e. The number of hydrogen-bond donors (Lipinski definition) is 1. The molecule has 1 aromatic rings. The summed E-state index contributed by atoms with van der Waals surface area (Å²) < 4.78 is 0. The lowest BCUT2D eigenvalue weighted by molar-refractivity contribution is 0.225. The molecule has 1 aliphatic rings. The molecule has 1 N–H and O–H groups in total. The van der Waals surface area contributed by atoms with Gasteiger partial charge in [-0.05, 0) is 44.4 Å². The van der Waals surface area contributed by atoms with Crippen LogP contribution in [0.4, 0.5) is 0 Å². The van der Waals surface area contributed by atoms with Crippen molar-refractivity contribution in [3.8, 4) is 0 Å². The lowest BCUT2D eigenvalue weighted by Gasteiger charge is -2.23. The van der Waals surface area contributed by atoms with Crippen LogP contribution in [0.2, 0.25) is 0 Å². The molecule has 3 heteroatoms. The normalized spacial score (nSPS) is 20.4. The Morgan fingerprint density at radius 3 is 2.89 bits per heavy atom. The van der Waals surface area contributed by atoms with Crippen LogP contribution >= 0.6 is 11.8 Å². The van der Waals surface area contributed by atoms with E-state index in [0.29, 0.717) is 12.6 Å². The van der Waals surface area contributed by atoms with Gasteiger partial charge in [0.15, 0.2) is 0 Å². The van der Waals surface area contributed by atoms with Crippen molar-refractivity contribution in [3.05, 3.63) is 30.3 Å². The van der Waals surface area contributed by atoms with E-state index in [0.717, 1.165) is 12.8 Å². The van der Waals surface area contributed by atoms with E-state index in [-0.39, 0.29) is 0 Å². The van der Waals surface area contributed by atoms with Gasteiger partial charge in [0.2, 0.25) is 0 Å². The third-order valence-electron chi connectivity index (χ3n) is 3.58. The third-order valence-corrected chi connectivity index (χ3v) is 4.58. The number of aliphatic hydroxyl groups is 1. The fourth-order valence-corrected chi connectivity index (χ4v) is 3.55. The van der Waals surface area contributed by atoms with E-state index in [9.17, 15) is 0 Å². The van der Waals surface area contributed by atoms with Gasteiger partial charge in [-0.2, -0.15) is 0 Å². The molecule has 2 rings (SSSR count). The molecule has 0 radical (unpaired) electrons. The van der Waals surface area contributed by atoms with Gasteiger partial charge in [0, 0.05) is 29.8 Å². The molecular weight excluding hydrogens is 242 g/mol. The summed E-state index contributed by atoms with van der Waals surface area (Å²) in [5.74, 6) is 1.17. The van der Waals surface area contributed by atoms with Crippen LogP contribution in [0.5, 0.6) is 0 Å². The number of aliphatic hydroxyl groups excluding tert-OH is 1. The van der Waals surface area contributed by atoms with Gasteiger partial charge in [-0.1, -0.05) is 18.2 Å². The zero-order chi connectivity index (χ0) is 12.6. The number of hydrogen-bond acceptors (Lipinski definition) is 3. The number of nitrogens with zero attached hydrogens (tertiary/aromatic N) is 1. The van der Waals surface area contributed by atoms with Crippen molar-refractivity contribution < 1.29 is 5.11 Å². The van der Waals surface area contributed by atoms with Gasteiger partial charge in [-0.15, -0.1) is 11.8 Å². The topological polar surface area (TPSA) is 23.5 Å². The number of likely N-dealkylation sites (tertiary alicyclic amines) is 1. The molecule has 0 aliphatic carbocycles. The fourth-order valence-electron chi connectivity index (χ4n) is 2.64. The minimum absolute atomic E-state index is 0.336. The molecule has 0 bridgehead atoms. The van der Waals surface area contributed by atoms with Crippen LogP contribution in [0.15, 0.2) is 35.2 Å². The maximum atomic E-state index is 8.91. The average molecular weight is 265 g/mol. The molecule has 1 aromatic carbocycles. The van der Waals surface area contributed by atoms with E-state index in [1.807, 2.05) is 11.8 Å². The molecule has 18 heavy (non-hydrogen) atoms. The van der Waals surface area contributed by atoms with Crippen molar-refractivity contribution in [1.29, 1.82) is 0 Å². The molecule has 1 saturated heterocycles. The Morgan fingerprint density at radius 2 is 2.11 bits per heavy atom. The van der Waals surface area contributed by atoms with Gasteiger partial charge < -0.3 is 5.11 Å². The Morgan fingerprint density at radius 1 is 1.28 bits per heavy atom. The predicted molar refractivity (Wildman–Crippen MR) is 78.1 cm³/mol. The quantitative estimate of drug-likeness (QED) is 0.767. The Bertz CT molecular complexity index is 331. The van der Waals surface area contributed by atoms with Crippen LogP contribution in [-0.4, -0.2) is 41.5 Å². The van der Waals surface area contributed by atoms with Crippen LogP contribution in [0.1, 0.15) is 25.7 Å². The van der Waals surface area contributed by atoms with E-state index in [2.05, 4.69) is 35.2 Å². The summed E-state index contributed by atoms with van der Waals surface area (Å²) in [6, 6.07) is 11.3. The van der Waals surface area contributed by atoms with Crippen LogP contribution in [0, 0.1) is 0 Å². The van der Waals surface area contributed by atoms with Crippen LogP contribution < -0.4 is 0 Å². The highest BCUT2D eigenvalue weighted by Gasteiger charge is 2.23. The molecule has 100 valence electrons. The molecular formula is C15H23NOS. The molecule has 0 saturated carbocycles. The highest BCUT2D eigenvalue weighted by atomic mass is 32.2. The molecule has 0 amide bonds. The smallest absolute Gasteiger partial charge is 0.0431 e. The number of benzene rings is 1. The minimum Gasteiger partial charge on any atom is -0.396 e. The fraction of sp³-hybridized carbons (Fsp3) is 0.600. The summed E-state index contributed by atoms with van der Waals surface area (Å²) in [5, 5.41) is 8.91. The second-order valence-electron chi connectivity index (χ2n) is 4.86. The van der Waals surface area contributed by atoms with Crippen LogP contribution in [-0.2, 0) is 0 Å². The van der Waals surface area contributed by atoms with Gasteiger partial charge in [0.25, 0.3) is 0 Å². The molecule has 1 atom stereocenters. The van der Waals surface area contributed by atoms with Gasteiger partial charge in [0.1, 0.15) is 0 Å². The molecule has 1 aliphatic heterocycles. The average Bonchev–Trinajstić information content (AvgIpc) is 2.85. The van der Waals surface area contributed by atoms with Crippen molar-refractivity contribution in [2.75, 3.05) is 25.4 Å². The Hall–Kier alpha value is -0.510. The largest absolute Gasteiger partial charge is 0.396 e. The van der Waals surface area contributed by atoms with E-state index in [1.54, 1.807) is 0 Å². The zero-order valence-electron chi connectivity index (χ0n) is 10.9. The lowest BCUT2D eigenvalue weighted by atomic mass is 10.1. The Balaban J connectivity index is 1.69. The summed E-state index contributed by atoms with van der Waals surface area (Å²) in [7, 11) is 0. The first-order chi connectivity index (χ1) is 8.90.